The van der Waals surface area contributed by atoms with Gasteiger partial charge >= 0.3 is 0 Å². The number of halogens is 1. The van der Waals surface area contributed by atoms with Gasteiger partial charge in [-0.3, -0.25) is 0 Å². The van der Waals surface area contributed by atoms with E-state index in [0.717, 1.165) is 29.2 Å². The highest BCUT2D eigenvalue weighted by Crippen LogP contribution is 2.32. The summed E-state index contributed by atoms with van der Waals surface area (Å²) in [6.45, 7) is 4.54. The first-order valence-corrected chi connectivity index (χ1v) is 5.26. The highest BCUT2D eigenvalue weighted by Gasteiger charge is 2.23. The fraction of sp³-hybridized carbons (Fsp3) is 0.400. The average Bonchev–Trinajstić information content (AvgIpc) is 2.04. The third-order valence-electron chi connectivity index (χ3n) is 2.37. The average molecular weight is 241 g/mol. The SMILES string of the molecule is CC1CN(c2cc(N)ccc2Br)C1. The molecule has 0 radical (unpaired) electrons. The molecule has 0 spiro atoms. The van der Waals surface area contributed by atoms with Crippen LogP contribution < -0.4 is 10.6 Å². The zero-order valence-electron chi connectivity index (χ0n) is 7.63. The smallest absolute Gasteiger partial charge is 0.0531 e. The third-order valence-corrected chi connectivity index (χ3v) is 3.05. The van der Waals surface area contributed by atoms with Gasteiger partial charge in [-0.2, -0.15) is 0 Å². The highest BCUT2D eigenvalue weighted by molar-refractivity contribution is 9.10. The largest absolute Gasteiger partial charge is 0.399 e. The first-order chi connectivity index (χ1) is 6.16. The van der Waals surface area contributed by atoms with Crippen LogP contribution in [-0.4, -0.2) is 13.1 Å². The van der Waals surface area contributed by atoms with E-state index >= 15 is 0 Å². The molecular weight excluding hydrogens is 228 g/mol. The maximum atomic E-state index is 5.73. The van der Waals surface area contributed by atoms with Crippen LogP contribution in [0.2, 0.25) is 0 Å². The van der Waals surface area contributed by atoms with E-state index in [2.05, 4.69) is 27.8 Å². The van der Waals surface area contributed by atoms with Crippen LogP contribution in [0.5, 0.6) is 0 Å². The summed E-state index contributed by atoms with van der Waals surface area (Å²) < 4.78 is 1.13. The molecule has 0 saturated carbocycles. The monoisotopic (exact) mass is 240 g/mol. The number of hydrogen-bond acceptors (Lipinski definition) is 2. The van der Waals surface area contributed by atoms with Crippen molar-refractivity contribution in [1.29, 1.82) is 0 Å². The van der Waals surface area contributed by atoms with Gasteiger partial charge in [0.1, 0.15) is 0 Å². The Hall–Kier alpha value is -0.700. The summed E-state index contributed by atoms with van der Waals surface area (Å²) in [7, 11) is 0. The molecule has 1 aliphatic rings. The van der Waals surface area contributed by atoms with Crippen molar-refractivity contribution in [2.45, 2.75) is 6.92 Å². The van der Waals surface area contributed by atoms with Crippen molar-refractivity contribution in [2.75, 3.05) is 23.7 Å². The Morgan fingerprint density at radius 2 is 2.15 bits per heavy atom. The van der Waals surface area contributed by atoms with Crippen molar-refractivity contribution in [3.05, 3.63) is 22.7 Å². The molecule has 3 heteroatoms. The van der Waals surface area contributed by atoms with Gasteiger partial charge in [-0.15, -0.1) is 0 Å². The Morgan fingerprint density at radius 1 is 1.46 bits per heavy atom. The van der Waals surface area contributed by atoms with E-state index in [9.17, 15) is 0 Å². The van der Waals surface area contributed by atoms with Gasteiger partial charge < -0.3 is 10.6 Å². The number of nitrogens with zero attached hydrogens (tertiary/aromatic N) is 1. The predicted molar refractivity (Wildman–Crippen MR) is 59.9 cm³/mol. The number of rotatable bonds is 1. The molecular formula is C10H13BrN2. The van der Waals surface area contributed by atoms with E-state index in [1.165, 1.54) is 5.69 Å². The fourth-order valence-corrected chi connectivity index (χ4v) is 2.17. The van der Waals surface area contributed by atoms with Crippen molar-refractivity contribution < 1.29 is 0 Å². The van der Waals surface area contributed by atoms with E-state index in [4.69, 9.17) is 5.73 Å². The predicted octanol–water partition coefficient (Wildman–Crippen LogP) is 2.49. The molecule has 70 valence electrons. The van der Waals surface area contributed by atoms with E-state index < -0.39 is 0 Å². The first-order valence-electron chi connectivity index (χ1n) is 4.47. The Bertz CT molecular complexity index is 319. The Balaban J connectivity index is 2.24. The van der Waals surface area contributed by atoms with Gasteiger partial charge in [0.2, 0.25) is 0 Å². The molecule has 1 saturated heterocycles. The number of nitrogens with two attached hydrogens (primary N) is 1. The molecule has 0 bridgehead atoms. The molecule has 1 aromatic rings. The van der Waals surface area contributed by atoms with Crippen LogP contribution in [0.4, 0.5) is 11.4 Å². The van der Waals surface area contributed by atoms with Gasteiger partial charge in [0.25, 0.3) is 0 Å². The minimum atomic E-state index is 0.813. The molecule has 1 heterocycles. The summed E-state index contributed by atoms with van der Waals surface area (Å²) in [5.74, 6) is 0.813. The molecule has 0 atom stereocenters. The maximum absolute atomic E-state index is 5.73. The first kappa shape index (κ1) is 8.88. The van der Waals surface area contributed by atoms with Crippen LogP contribution in [0.25, 0.3) is 0 Å². The summed E-state index contributed by atoms with van der Waals surface area (Å²) in [5, 5.41) is 0. The number of anilines is 2. The van der Waals surface area contributed by atoms with E-state index in [1.54, 1.807) is 0 Å². The molecule has 13 heavy (non-hydrogen) atoms. The lowest BCUT2D eigenvalue weighted by Gasteiger charge is -2.39. The second-order valence-electron chi connectivity index (χ2n) is 3.72. The molecule has 1 fully saturated rings. The standard InChI is InChI=1S/C10H13BrN2/c1-7-5-13(6-7)10-4-8(12)2-3-9(10)11/h2-4,7H,5-6,12H2,1H3. The zero-order valence-corrected chi connectivity index (χ0v) is 9.21. The van der Waals surface area contributed by atoms with Crippen molar-refractivity contribution in [3.8, 4) is 0 Å². The molecule has 1 aromatic carbocycles. The maximum Gasteiger partial charge on any atom is 0.0531 e. The second-order valence-corrected chi connectivity index (χ2v) is 4.58. The van der Waals surface area contributed by atoms with Gasteiger partial charge in [0.05, 0.1) is 5.69 Å². The lowest BCUT2D eigenvalue weighted by molar-refractivity contribution is 0.447. The Kier molecular flexibility index (Phi) is 2.20. The van der Waals surface area contributed by atoms with Crippen LogP contribution in [0.1, 0.15) is 6.92 Å². The van der Waals surface area contributed by atoms with Crippen LogP contribution >= 0.6 is 15.9 Å². The van der Waals surface area contributed by atoms with Crippen LogP contribution in [0, 0.1) is 5.92 Å². The lowest BCUT2D eigenvalue weighted by Crippen LogP contribution is -2.45. The molecule has 0 unspecified atom stereocenters. The minimum absolute atomic E-state index is 0.813. The summed E-state index contributed by atoms with van der Waals surface area (Å²) in [6.07, 6.45) is 0. The lowest BCUT2D eigenvalue weighted by atomic mass is 10.0. The zero-order chi connectivity index (χ0) is 9.42. The summed E-state index contributed by atoms with van der Waals surface area (Å²) >= 11 is 3.53. The van der Waals surface area contributed by atoms with Crippen LogP contribution in [0.15, 0.2) is 22.7 Å². The summed E-state index contributed by atoms with van der Waals surface area (Å²) in [6, 6.07) is 5.94. The number of nitrogen functional groups attached to an aromatic ring is 1. The third kappa shape index (κ3) is 1.66. The highest BCUT2D eigenvalue weighted by atomic mass is 79.9. The molecule has 2 rings (SSSR count). The summed E-state index contributed by atoms with van der Waals surface area (Å²) in [4.78, 5) is 2.34. The molecule has 0 amide bonds. The van der Waals surface area contributed by atoms with Gasteiger partial charge in [0, 0.05) is 23.2 Å². The van der Waals surface area contributed by atoms with Crippen molar-refractivity contribution in [3.63, 3.8) is 0 Å². The topological polar surface area (TPSA) is 29.3 Å². The normalized spacial score (nSPS) is 17.2. The number of benzene rings is 1. The molecule has 2 nitrogen and oxygen atoms in total. The Labute approximate surface area is 86.9 Å². The van der Waals surface area contributed by atoms with E-state index in [1.807, 2.05) is 18.2 Å². The van der Waals surface area contributed by atoms with Gasteiger partial charge in [0.15, 0.2) is 0 Å². The van der Waals surface area contributed by atoms with E-state index in [0.29, 0.717) is 0 Å². The van der Waals surface area contributed by atoms with E-state index in [-0.39, 0.29) is 0 Å². The molecule has 0 aromatic heterocycles. The van der Waals surface area contributed by atoms with Gasteiger partial charge in [-0.1, -0.05) is 6.92 Å². The van der Waals surface area contributed by atoms with Crippen LogP contribution in [0.3, 0.4) is 0 Å². The molecule has 2 N–H and O–H groups in total. The molecule has 0 aliphatic carbocycles. The molecule has 1 aliphatic heterocycles. The van der Waals surface area contributed by atoms with Gasteiger partial charge in [-0.25, -0.2) is 0 Å². The minimum Gasteiger partial charge on any atom is -0.399 e. The Morgan fingerprint density at radius 3 is 2.77 bits per heavy atom. The van der Waals surface area contributed by atoms with Gasteiger partial charge in [-0.05, 0) is 40.0 Å². The fourth-order valence-electron chi connectivity index (χ4n) is 1.67. The van der Waals surface area contributed by atoms with Crippen LogP contribution in [-0.2, 0) is 0 Å². The quantitative estimate of drug-likeness (QED) is 0.765. The second kappa shape index (κ2) is 3.22. The van der Waals surface area contributed by atoms with Crippen molar-refractivity contribution >= 4 is 27.3 Å². The van der Waals surface area contributed by atoms with Crippen molar-refractivity contribution in [1.82, 2.24) is 0 Å². The van der Waals surface area contributed by atoms with Crippen molar-refractivity contribution in [2.24, 2.45) is 5.92 Å². The summed E-state index contributed by atoms with van der Waals surface area (Å²) in [5.41, 5.74) is 7.78. The number of hydrogen-bond donors (Lipinski definition) is 1.